The van der Waals surface area contributed by atoms with Crippen molar-refractivity contribution in [2.75, 3.05) is 39.8 Å². The molecule has 0 radical (unpaired) electrons. The number of hydrogen-bond donors (Lipinski definition) is 1. The summed E-state index contributed by atoms with van der Waals surface area (Å²) < 4.78 is 45.4. The molecule has 0 unspecified atom stereocenters. The Morgan fingerprint density at radius 1 is 1.02 bits per heavy atom. The minimum Gasteiger partial charge on any atom is -0.493 e. The first-order valence-corrected chi connectivity index (χ1v) is 14.2. The highest BCUT2D eigenvalue weighted by Crippen LogP contribution is 2.32. The summed E-state index contributed by atoms with van der Waals surface area (Å²) in [6, 6.07) is 20.2. The molecule has 0 aliphatic carbocycles. The summed E-state index contributed by atoms with van der Waals surface area (Å²) in [5.74, 6) is 0.0576. The molecule has 1 amide bonds. The van der Waals surface area contributed by atoms with E-state index in [0.29, 0.717) is 38.6 Å². The summed E-state index contributed by atoms with van der Waals surface area (Å²) in [7, 11) is 2.14. The van der Waals surface area contributed by atoms with Gasteiger partial charge in [-0.25, -0.2) is 0 Å². The van der Waals surface area contributed by atoms with E-state index in [1.807, 2.05) is 12.1 Å². The Labute approximate surface area is 234 Å². The number of halogens is 3. The molecule has 214 valence electrons. The van der Waals surface area contributed by atoms with Gasteiger partial charge in [0.2, 0.25) is 5.91 Å². The summed E-state index contributed by atoms with van der Waals surface area (Å²) in [6.45, 7) is 4.07. The number of nitrogens with one attached hydrogen (secondary N) is 1. The van der Waals surface area contributed by atoms with Crippen molar-refractivity contribution in [2.24, 2.45) is 11.8 Å². The smallest absolute Gasteiger partial charge is 0.416 e. The van der Waals surface area contributed by atoms with Crippen molar-refractivity contribution in [3.63, 3.8) is 0 Å². The number of benzene rings is 3. The Kier molecular flexibility index (Phi) is 8.96. The standard InChI is InChI=1S/C32H38F3N3O2/c1-37-15-5-9-29(37)13-14-36-31(39)27-17-24(22-40-30-10-4-8-28(18-30)32(33,34)35)20-38(21-27)19-23-11-12-25-6-2-3-7-26(25)16-23/h2-4,6-8,10-12,16,18,24,27,29H,5,9,13-15,17,19-22H2,1H3,(H,36,39)/t24-,27+,29+/m0/s1. The van der Waals surface area contributed by atoms with E-state index in [4.69, 9.17) is 4.74 Å². The van der Waals surface area contributed by atoms with Gasteiger partial charge in [0.15, 0.2) is 0 Å². The van der Waals surface area contributed by atoms with Gasteiger partial charge in [0.05, 0.1) is 18.1 Å². The van der Waals surface area contributed by atoms with Crippen LogP contribution in [0.15, 0.2) is 66.7 Å². The van der Waals surface area contributed by atoms with Crippen LogP contribution in [-0.2, 0) is 17.5 Å². The van der Waals surface area contributed by atoms with Crippen LogP contribution in [-0.4, -0.2) is 61.6 Å². The third-order valence-electron chi connectivity index (χ3n) is 8.30. The van der Waals surface area contributed by atoms with Crippen LogP contribution in [0.4, 0.5) is 13.2 Å². The van der Waals surface area contributed by atoms with Crippen molar-refractivity contribution in [3.8, 4) is 5.75 Å². The van der Waals surface area contributed by atoms with E-state index in [1.165, 1.54) is 35.2 Å². The van der Waals surface area contributed by atoms with Gasteiger partial charge in [-0.3, -0.25) is 9.69 Å². The Hall–Kier alpha value is -3.10. The lowest BCUT2D eigenvalue weighted by molar-refractivity contribution is -0.137. The van der Waals surface area contributed by atoms with Crippen LogP contribution in [0.2, 0.25) is 0 Å². The maximum Gasteiger partial charge on any atom is 0.416 e. The number of likely N-dealkylation sites (tertiary alicyclic amines) is 2. The van der Waals surface area contributed by atoms with Gasteiger partial charge in [0, 0.05) is 38.1 Å². The molecule has 1 N–H and O–H groups in total. The van der Waals surface area contributed by atoms with Crippen molar-refractivity contribution >= 4 is 16.7 Å². The molecule has 3 aromatic rings. The van der Waals surface area contributed by atoms with Crippen molar-refractivity contribution in [1.29, 1.82) is 0 Å². The fraction of sp³-hybridized carbons (Fsp3) is 0.469. The fourth-order valence-corrected chi connectivity index (χ4v) is 6.16. The predicted molar refractivity (Wildman–Crippen MR) is 151 cm³/mol. The van der Waals surface area contributed by atoms with E-state index < -0.39 is 11.7 Å². The fourth-order valence-electron chi connectivity index (χ4n) is 6.16. The van der Waals surface area contributed by atoms with Crippen LogP contribution in [0.1, 0.15) is 36.8 Å². The largest absolute Gasteiger partial charge is 0.493 e. The number of carbonyl (C=O) groups excluding carboxylic acids is 1. The van der Waals surface area contributed by atoms with Gasteiger partial charge in [-0.15, -0.1) is 0 Å². The third-order valence-corrected chi connectivity index (χ3v) is 8.30. The van der Waals surface area contributed by atoms with Crippen LogP contribution >= 0.6 is 0 Å². The van der Waals surface area contributed by atoms with E-state index in [1.54, 1.807) is 6.07 Å². The summed E-state index contributed by atoms with van der Waals surface area (Å²) >= 11 is 0. The number of hydrogen-bond acceptors (Lipinski definition) is 4. The molecule has 5 rings (SSSR count). The SMILES string of the molecule is CN1CCC[C@@H]1CCNC(=O)[C@@H]1C[C@H](COc2cccc(C(F)(F)F)c2)CN(Cc2ccc3ccccc3c2)C1. The average molecular weight is 554 g/mol. The molecule has 2 saturated heterocycles. The Morgan fingerprint density at radius 3 is 2.62 bits per heavy atom. The lowest BCUT2D eigenvalue weighted by atomic mass is 9.88. The number of ether oxygens (including phenoxy) is 1. The van der Waals surface area contributed by atoms with E-state index in [9.17, 15) is 18.0 Å². The van der Waals surface area contributed by atoms with E-state index in [-0.39, 0.29) is 30.1 Å². The van der Waals surface area contributed by atoms with Crippen LogP contribution in [0, 0.1) is 11.8 Å². The molecule has 2 aliphatic rings. The van der Waals surface area contributed by atoms with Gasteiger partial charge >= 0.3 is 6.18 Å². The number of amides is 1. The molecule has 8 heteroatoms. The molecule has 0 saturated carbocycles. The molecule has 3 atom stereocenters. The second-order valence-corrected chi connectivity index (χ2v) is 11.4. The molecule has 5 nitrogen and oxygen atoms in total. The van der Waals surface area contributed by atoms with Crippen LogP contribution < -0.4 is 10.1 Å². The molecule has 2 aliphatic heterocycles. The lowest BCUT2D eigenvalue weighted by Gasteiger charge is -2.37. The highest BCUT2D eigenvalue weighted by Gasteiger charge is 2.33. The minimum absolute atomic E-state index is 0.0143. The zero-order valence-electron chi connectivity index (χ0n) is 23.0. The van der Waals surface area contributed by atoms with Crippen molar-refractivity contribution in [2.45, 2.75) is 44.4 Å². The molecule has 0 aromatic heterocycles. The summed E-state index contributed by atoms with van der Waals surface area (Å²) in [5, 5.41) is 5.53. The lowest BCUT2D eigenvalue weighted by Crippen LogP contribution is -2.47. The highest BCUT2D eigenvalue weighted by atomic mass is 19.4. The van der Waals surface area contributed by atoms with E-state index in [2.05, 4.69) is 52.5 Å². The van der Waals surface area contributed by atoms with E-state index >= 15 is 0 Å². The topological polar surface area (TPSA) is 44.8 Å². The zero-order valence-corrected chi connectivity index (χ0v) is 23.0. The van der Waals surface area contributed by atoms with Crippen molar-refractivity contribution in [3.05, 3.63) is 77.9 Å². The van der Waals surface area contributed by atoms with Crippen LogP contribution in [0.5, 0.6) is 5.75 Å². The third kappa shape index (κ3) is 7.34. The van der Waals surface area contributed by atoms with Gasteiger partial charge in [0.1, 0.15) is 5.75 Å². The minimum atomic E-state index is -4.42. The van der Waals surface area contributed by atoms with Gasteiger partial charge in [-0.2, -0.15) is 13.2 Å². The van der Waals surface area contributed by atoms with Crippen molar-refractivity contribution < 1.29 is 22.7 Å². The molecule has 0 bridgehead atoms. The first-order valence-electron chi connectivity index (χ1n) is 14.2. The number of alkyl halides is 3. The van der Waals surface area contributed by atoms with Crippen LogP contribution in [0.3, 0.4) is 0 Å². The summed E-state index contributed by atoms with van der Waals surface area (Å²) in [4.78, 5) is 17.9. The first kappa shape index (κ1) is 28.4. The van der Waals surface area contributed by atoms with E-state index in [0.717, 1.165) is 25.1 Å². The quantitative estimate of drug-likeness (QED) is 0.354. The molecule has 2 heterocycles. The zero-order chi connectivity index (χ0) is 28.1. The molecular weight excluding hydrogens is 515 g/mol. The number of rotatable bonds is 9. The highest BCUT2D eigenvalue weighted by molar-refractivity contribution is 5.83. The van der Waals surface area contributed by atoms with Gasteiger partial charge in [-0.1, -0.05) is 42.5 Å². The predicted octanol–water partition coefficient (Wildman–Crippen LogP) is 5.98. The average Bonchev–Trinajstić information content (AvgIpc) is 3.35. The molecule has 3 aromatic carbocycles. The molecule has 2 fully saturated rings. The molecule has 40 heavy (non-hydrogen) atoms. The van der Waals surface area contributed by atoms with Crippen LogP contribution in [0.25, 0.3) is 10.8 Å². The van der Waals surface area contributed by atoms with Gasteiger partial charge in [0.25, 0.3) is 0 Å². The number of carbonyl (C=O) groups is 1. The maximum atomic E-state index is 13.3. The number of piperidine rings is 1. The second kappa shape index (κ2) is 12.6. The van der Waals surface area contributed by atoms with Crippen molar-refractivity contribution in [1.82, 2.24) is 15.1 Å². The second-order valence-electron chi connectivity index (χ2n) is 11.4. The van der Waals surface area contributed by atoms with Gasteiger partial charge in [-0.05, 0) is 79.9 Å². The summed E-state index contributed by atoms with van der Waals surface area (Å²) in [6.07, 6.45) is -0.461. The Bertz CT molecular complexity index is 1300. The molecule has 0 spiro atoms. The Morgan fingerprint density at radius 2 is 1.85 bits per heavy atom. The number of fused-ring (bicyclic) bond motifs is 1. The molecular formula is C32H38F3N3O2. The van der Waals surface area contributed by atoms with Gasteiger partial charge < -0.3 is 15.0 Å². The first-order chi connectivity index (χ1) is 19.2. The normalized spacial score (nSPS) is 22.4. The summed E-state index contributed by atoms with van der Waals surface area (Å²) in [5.41, 5.74) is 0.443. The maximum absolute atomic E-state index is 13.3. The monoisotopic (exact) mass is 553 g/mol. The Balaban J connectivity index is 1.25. The number of nitrogens with zero attached hydrogens (tertiary/aromatic N) is 2.